The van der Waals surface area contributed by atoms with E-state index in [1.807, 2.05) is 24.3 Å². The van der Waals surface area contributed by atoms with Gasteiger partial charge < -0.3 is 9.88 Å². The van der Waals surface area contributed by atoms with Crippen LogP contribution in [-0.4, -0.2) is 21.5 Å². The van der Waals surface area contributed by atoms with E-state index >= 15 is 0 Å². The largest absolute Gasteiger partial charge is 0.340 e. The minimum absolute atomic E-state index is 0.00673. The van der Waals surface area contributed by atoms with Crippen LogP contribution in [0.3, 0.4) is 0 Å². The van der Waals surface area contributed by atoms with Crippen LogP contribution < -0.4 is 10.9 Å². The van der Waals surface area contributed by atoms with Crippen LogP contribution in [0.4, 0.5) is 0 Å². The predicted molar refractivity (Wildman–Crippen MR) is 103 cm³/mol. The summed E-state index contributed by atoms with van der Waals surface area (Å²) >= 11 is 0. The van der Waals surface area contributed by atoms with Crippen molar-refractivity contribution in [3.05, 3.63) is 52.6 Å². The number of hydrogen-bond acceptors (Lipinski definition) is 4. The summed E-state index contributed by atoms with van der Waals surface area (Å²) in [7, 11) is 1.69. The lowest BCUT2D eigenvalue weighted by molar-refractivity contribution is -0.126. The normalized spacial score (nSPS) is 15.7. The number of amides is 1. The van der Waals surface area contributed by atoms with Crippen LogP contribution in [0.25, 0.3) is 11.3 Å². The van der Waals surface area contributed by atoms with Gasteiger partial charge in [0.1, 0.15) is 6.04 Å². The molecule has 1 heterocycles. The molecule has 1 fully saturated rings. The highest BCUT2D eigenvalue weighted by Gasteiger charge is 2.23. The number of rotatable bonds is 5. The number of carbonyl (C=O) groups excluding carboxylic acids is 1. The summed E-state index contributed by atoms with van der Waals surface area (Å²) in [5.41, 5.74) is 2.43. The number of hydrogen-bond donors (Lipinski definition) is 1. The maximum absolute atomic E-state index is 12.4. The van der Waals surface area contributed by atoms with Gasteiger partial charge in [-0.15, -0.1) is 0 Å². The van der Waals surface area contributed by atoms with Crippen LogP contribution >= 0.6 is 0 Å². The van der Waals surface area contributed by atoms with Gasteiger partial charge in [0.05, 0.1) is 18.0 Å². The van der Waals surface area contributed by atoms with Crippen LogP contribution in [0, 0.1) is 17.2 Å². The summed E-state index contributed by atoms with van der Waals surface area (Å²) in [5.74, 6) is 0.0556. The van der Waals surface area contributed by atoms with Crippen molar-refractivity contribution in [3.8, 4) is 17.3 Å². The number of carbonyl (C=O) groups is 1. The van der Waals surface area contributed by atoms with Gasteiger partial charge in [0, 0.05) is 31.1 Å². The monoisotopic (exact) mass is 364 g/mol. The standard InChI is InChI=1S/C21H24N4O2/c1-25-14-19(23-13-20(25)26)16-9-7-15(8-10-16)11-18(12-22)24-21(27)17-5-3-2-4-6-17/h7-10,13-14,17-18H,2-6,11H2,1H3,(H,24,27). The molecule has 0 aliphatic heterocycles. The Kier molecular flexibility index (Phi) is 6.02. The Morgan fingerprint density at radius 3 is 2.63 bits per heavy atom. The maximum atomic E-state index is 12.4. The SMILES string of the molecule is Cn1cc(-c2ccc(CC(C#N)NC(=O)C3CCCCC3)cc2)ncc1=O. The Hall–Kier alpha value is -2.94. The molecule has 6 nitrogen and oxygen atoms in total. The molecule has 2 aromatic rings. The average Bonchev–Trinajstić information content (AvgIpc) is 2.70. The van der Waals surface area contributed by atoms with Gasteiger partial charge in [-0.1, -0.05) is 43.5 Å². The molecule has 3 rings (SSSR count). The topological polar surface area (TPSA) is 87.8 Å². The fourth-order valence-corrected chi connectivity index (χ4v) is 3.48. The minimum atomic E-state index is -0.527. The van der Waals surface area contributed by atoms with Crippen molar-refractivity contribution in [1.82, 2.24) is 14.9 Å². The third-order valence-corrected chi connectivity index (χ3v) is 5.12. The fraction of sp³-hybridized carbons (Fsp3) is 0.429. The van der Waals surface area contributed by atoms with Gasteiger partial charge in [-0.05, 0) is 18.4 Å². The van der Waals surface area contributed by atoms with E-state index in [1.165, 1.54) is 17.2 Å². The number of aryl methyl sites for hydroxylation is 1. The first-order chi connectivity index (χ1) is 13.1. The highest BCUT2D eigenvalue weighted by Crippen LogP contribution is 2.24. The van der Waals surface area contributed by atoms with Crippen molar-refractivity contribution in [1.29, 1.82) is 5.26 Å². The summed E-state index contributed by atoms with van der Waals surface area (Å²) < 4.78 is 1.49. The number of nitrogens with one attached hydrogen (secondary N) is 1. The van der Waals surface area contributed by atoms with Crippen molar-refractivity contribution in [3.63, 3.8) is 0 Å². The summed E-state index contributed by atoms with van der Waals surface area (Å²) in [6.07, 6.45) is 8.69. The van der Waals surface area contributed by atoms with Gasteiger partial charge in [-0.2, -0.15) is 5.26 Å². The Balaban J connectivity index is 1.63. The Labute approximate surface area is 158 Å². The molecule has 1 atom stereocenters. The highest BCUT2D eigenvalue weighted by atomic mass is 16.2. The quantitative estimate of drug-likeness (QED) is 0.883. The molecule has 0 bridgehead atoms. The summed E-state index contributed by atoms with van der Waals surface area (Å²) in [4.78, 5) is 28.0. The van der Waals surface area contributed by atoms with Crippen LogP contribution in [0.15, 0.2) is 41.5 Å². The van der Waals surface area contributed by atoms with E-state index in [-0.39, 0.29) is 17.4 Å². The molecule has 6 heteroatoms. The molecule has 1 N–H and O–H groups in total. The van der Waals surface area contributed by atoms with E-state index in [1.54, 1.807) is 13.2 Å². The number of nitriles is 1. The highest BCUT2D eigenvalue weighted by molar-refractivity contribution is 5.79. The molecule has 1 unspecified atom stereocenters. The molecular weight excluding hydrogens is 340 g/mol. The van der Waals surface area contributed by atoms with Crippen LogP contribution in [0.1, 0.15) is 37.7 Å². The average molecular weight is 364 g/mol. The molecule has 1 aromatic carbocycles. The number of nitrogens with zero attached hydrogens (tertiary/aromatic N) is 3. The first-order valence-electron chi connectivity index (χ1n) is 9.39. The maximum Gasteiger partial charge on any atom is 0.268 e. The molecule has 0 spiro atoms. The molecule has 1 amide bonds. The third-order valence-electron chi connectivity index (χ3n) is 5.12. The summed E-state index contributed by atoms with van der Waals surface area (Å²) in [5, 5.41) is 12.3. The van der Waals surface area contributed by atoms with E-state index in [4.69, 9.17) is 0 Å². The van der Waals surface area contributed by atoms with Crippen molar-refractivity contribution >= 4 is 5.91 Å². The number of benzene rings is 1. The Morgan fingerprint density at radius 2 is 2.00 bits per heavy atom. The molecular formula is C21H24N4O2. The molecule has 140 valence electrons. The van der Waals surface area contributed by atoms with Crippen molar-refractivity contribution < 1.29 is 4.79 Å². The van der Waals surface area contributed by atoms with Crippen LogP contribution in [0.2, 0.25) is 0 Å². The molecule has 1 aliphatic carbocycles. The second-order valence-electron chi connectivity index (χ2n) is 7.15. The second-order valence-corrected chi connectivity index (χ2v) is 7.15. The summed E-state index contributed by atoms with van der Waals surface area (Å²) in [6.45, 7) is 0. The Morgan fingerprint density at radius 1 is 1.30 bits per heavy atom. The second kappa shape index (κ2) is 8.63. The molecule has 0 radical (unpaired) electrons. The minimum Gasteiger partial charge on any atom is -0.340 e. The van der Waals surface area contributed by atoms with E-state index in [2.05, 4.69) is 16.4 Å². The zero-order chi connectivity index (χ0) is 19.2. The van der Waals surface area contributed by atoms with E-state index in [0.717, 1.165) is 36.8 Å². The van der Waals surface area contributed by atoms with E-state index in [9.17, 15) is 14.9 Å². The molecule has 1 saturated carbocycles. The lowest BCUT2D eigenvalue weighted by Gasteiger charge is -2.22. The first-order valence-corrected chi connectivity index (χ1v) is 9.39. The van der Waals surface area contributed by atoms with Crippen molar-refractivity contribution in [2.45, 2.75) is 44.6 Å². The zero-order valence-corrected chi connectivity index (χ0v) is 15.5. The first kappa shape index (κ1) is 18.8. The van der Waals surface area contributed by atoms with Crippen molar-refractivity contribution in [2.75, 3.05) is 0 Å². The molecule has 0 saturated heterocycles. The molecule has 1 aliphatic rings. The lowest BCUT2D eigenvalue weighted by atomic mass is 9.88. The smallest absolute Gasteiger partial charge is 0.268 e. The third kappa shape index (κ3) is 4.82. The lowest BCUT2D eigenvalue weighted by Crippen LogP contribution is -2.40. The van der Waals surface area contributed by atoms with Gasteiger partial charge in [-0.3, -0.25) is 9.59 Å². The van der Waals surface area contributed by atoms with Crippen LogP contribution in [-0.2, 0) is 18.3 Å². The number of aromatic nitrogens is 2. The van der Waals surface area contributed by atoms with Gasteiger partial charge >= 0.3 is 0 Å². The van der Waals surface area contributed by atoms with Crippen LogP contribution in [0.5, 0.6) is 0 Å². The van der Waals surface area contributed by atoms with E-state index in [0.29, 0.717) is 12.1 Å². The van der Waals surface area contributed by atoms with Gasteiger partial charge in [0.2, 0.25) is 5.91 Å². The Bertz CT molecular complexity index is 890. The van der Waals surface area contributed by atoms with Gasteiger partial charge in [0.15, 0.2) is 0 Å². The fourth-order valence-electron chi connectivity index (χ4n) is 3.48. The zero-order valence-electron chi connectivity index (χ0n) is 15.5. The van der Waals surface area contributed by atoms with Crippen molar-refractivity contribution in [2.24, 2.45) is 13.0 Å². The van der Waals surface area contributed by atoms with Gasteiger partial charge in [0.25, 0.3) is 5.56 Å². The predicted octanol–water partition coefficient (Wildman–Crippen LogP) is 2.58. The van der Waals surface area contributed by atoms with Gasteiger partial charge in [-0.25, -0.2) is 4.98 Å². The van der Waals surface area contributed by atoms with E-state index < -0.39 is 6.04 Å². The molecule has 1 aromatic heterocycles. The summed E-state index contributed by atoms with van der Waals surface area (Å²) in [6, 6.07) is 9.36. The molecule has 27 heavy (non-hydrogen) atoms.